The van der Waals surface area contributed by atoms with Gasteiger partial charge >= 0.3 is 0 Å². The van der Waals surface area contributed by atoms with Crippen molar-refractivity contribution in [1.82, 2.24) is 14.9 Å². The van der Waals surface area contributed by atoms with Gasteiger partial charge in [0.1, 0.15) is 0 Å². The van der Waals surface area contributed by atoms with Gasteiger partial charge < -0.3 is 19.7 Å². The Bertz CT molecular complexity index is 1350. The molecule has 3 heterocycles. The van der Waals surface area contributed by atoms with Crippen LogP contribution >= 0.6 is 23.8 Å². The fourth-order valence-corrected chi connectivity index (χ4v) is 5.41. The van der Waals surface area contributed by atoms with Gasteiger partial charge in [-0.3, -0.25) is 4.98 Å². The summed E-state index contributed by atoms with van der Waals surface area (Å²) in [6, 6.07) is 24.6. The van der Waals surface area contributed by atoms with E-state index in [2.05, 4.69) is 89.0 Å². The molecule has 5 nitrogen and oxygen atoms in total. The highest BCUT2D eigenvalue weighted by Gasteiger charge is 2.42. The third-order valence-electron chi connectivity index (χ3n) is 6.62. The highest BCUT2D eigenvalue weighted by molar-refractivity contribution is 7.80. The van der Waals surface area contributed by atoms with Crippen molar-refractivity contribution >= 4 is 40.3 Å². The Morgan fingerprint density at radius 2 is 1.63 bits per heavy atom. The molecule has 2 aromatic carbocycles. The van der Waals surface area contributed by atoms with Crippen LogP contribution in [0.5, 0.6) is 0 Å². The summed E-state index contributed by atoms with van der Waals surface area (Å²) in [5.41, 5.74) is 7.81. The number of rotatable bonds is 5. The molecule has 1 aliphatic heterocycles. The van der Waals surface area contributed by atoms with E-state index in [-0.39, 0.29) is 12.1 Å². The normalized spacial score (nSPS) is 17.5. The summed E-state index contributed by atoms with van der Waals surface area (Å²) in [6.07, 6.45) is 1.83. The average Bonchev–Trinajstić information content (AvgIpc) is 3.35. The predicted octanol–water partition coefficient (Wildman–Crippen LogP) is 6.39. The molecule has 2 atom stereocenters. The van der Waals surface area contributed by atoms with Crippen molar-refractivity contribution in [2.24, 2.45) is 0 Å². The summed E-state index contributed by atoms with van der Waals surface area (Å²) in [5, 5.41) is 4.92. The number of nitrogens with zero attached hydrogens (tertiary/aromatic N) is 4. The van der Waals surface area contributed by atoms with Crippen molar-refractivity contribution in [1.29, 1.82) is 0 Å². The van der Waals surface area contributed by atoms with Gasteiger partial charge in [-0.2, -0.15) is 0 Å². The monoisotopic (exact) mass is 501 g/mol. The first-order valence-corrected chi connectivity index (χ1v) is 12.4. The van der Waals surface area contributed by atoms with Crippen LogP contribution in [0.25, 0.3) is 5.69 Å². The van der Waals surface area contributed by atoms with Gasteiger partial charge in [0.05, 0.1) is 17.8 Å². The van der Waals surface area contributed by atoms with Gasteiger partial charge in [-0.25, -0.2) is 0 Å². The summed E-state index contributed by atoms with van der Waals surface area (Å²) in [6.45, 7) is 4.33. The lowest BCUT2D eigenvalue weighted by Crippen LogP contribution is -2.29. The summed E-state index contributed by atoms with van der Waals surface area (Å²) >= 11 is 12.1. The second-order valence-electron chi connectivity index (χ2n) is 9.05. The summed E-state index contributed by atoms with van der Waals surface area (Å²) in [4.78, 5) is 8.97. The molecule has 35 heavy (non-hydrogen) atoms. The van der Waals surface area contributed by atoms with E-state index < -0.39 is 0 Å². The molecule has 1 fully saturated rings. The Balaban J connectivity index is 1.64. The first-order chi connectivity index (χ1) is 16.8. The standard InChI is InChI=1S/C28H28ClN5S/c1-18-17-24(19(2)33(18)22-14-12-21(13-15-22)32(3)4)27-26(25-7-5-6-16-30-25)31-28(35)34(27)23-10-8-20(29)9-11-23/h5-17,26-27H,1-4H3,(H,31,35)/t26-,27+/m1/s1. The molecular formula is C28H28ClN5S. The molecule has 0 radical (unpaired) electrons. The van der Waals surface area contributed by atoms with Crippen LogP contribution in [0.2, 0.25) is 5.02 Å². The maximum atomic E-state index is 6.20. The molecular weight excluding hydrogens is 474 g/mol. The molecule has 0 saturated carbocycles. The van der Waals surface area contributed by atoms with Crippen LogP contribution in [-0.4, -0.2) is 28.8 Å². The van der Waals surface area contributed by atoms with Crippen molar-refractivity contribution in [3.8, 4) is 5.69 Å². The third kappa shape index (κ3) is 4.28. The number of benzene rings is 2. The predicted molar refractivity (Wildman–Crippen MR) is 149 cm³/mol. The topological polar surface area (TPSA) is 36.3 Å². The number of halogens is 1. The lowest BCUT2D eigenvalue weighted by molar-refractivity contribution is 0.565. The maximum absolute atomic E-state index is 6.20. The van der Waals surface area contributed by atoms with E-state index in [4.69, 9.17) is 23.8 Å². The minimum Gasteiger partial charge on any atom is -0.378 e. The van der Waals surface area contributed by atoms with Gasteiger partial charge in [0.25, 0.3) is 0 Å². The first kappa shape index (κ1) is 23.4. The van der Waals surface area contributed by atoms with Crippen LogP contribution < -0.4 is 15.1 Å². The van der Waals surface area contributed by atoms with E-state index in [1.54, 1.807) is 0 Å². The van der Waals surface area contributed by atoms with Gasteiger partial charge in [0.2, 0.25) is 0 Å². The molecule has 0 unspecified atom stereocenters. The average molecular weight is 502 g/mol. The van der Waals surface area contributed by atoms with Gasteiger partial charge in [0, 0.05) is 53.8 Å². The van der Waals surface area contributed by atoms with E-state index in [0.717, 1.165) is 17.1 Å². The number of thiocarbonyl (C=S) groups is 1. The highest BCUT2D eigenvalue weighted by Crippen LogP contribution is 2.43. The lowest BCUT2D eigenvalue weighted by Gasteiger charge is -2.28. The second kappa shape index (κ2) is 9.36. The van der Waals surface area contributed by atoms with Crippen LogP contribution in [0.1, 0.15) is 34.7 Å². The molecule has 4 aromatic rings. The number of aromatic nitrogens is 2. The zero-order chi connectivity index (χ0) is 24.7. The minimum atomic E-state index is -0.0931. The van der Waals surface area contributed by atoms with Crippen LogP contribution in [-0.2, 0) is 0 Å². The second-order valence-corrected chi connectivity index (χ2v) is 9.87. The fourth-order valence-electron chi connectivity index (χ4n) is 4.93. The quantitative estimate of drug-likeness (QED) is 0.321. The van der Waals surface area contributed by atoms with Gasteiger partial charge in [-0.05, 0) is 98.4 Å². The van der Waals surface area contributed by atoms with Gasteiger partial charge in [-0.1, -0.05) is 17.7 Å². The third-order valence-corrected chi connectivity index (χ3v) is 7.18. The molecule has 2 aromatic heterocycles. The van der Waals surface area contributed by atoms with Crippen molar-refractivity contribution in [3.05, 3.63) is 107 Å². The molecule has 1 aliphatic rings. The Labute approximate surface area is 217 Å². The number of hydrogen-bond donors (Lipinski definition) is 1. The van der Waals surface area contributed by atoms with E-state index in [0.29, 0.717) is 10.1 Å². The Hall–Kier alpha value is -3.35. The molecule has 1 N–H and O–H groups in total. The van der Waals surface area contributed by atoms with E-state index in [1.807, 2.05) is 42.6 Å². The van der Waals surface area contributed by atoms with Crippen molar-refractivity contribution in [2.75, 3.05) is 23.9 Å². The lowest BCUT2D eigenvalue weighted by atomic mass is 9.96. The van der Waals surface area contributed by atoms with E-state index in [9.17, 15) is 0 Å². The zero-order valence-corrected chi connectivity index (χ0v) is 21.8. The maximum Gasteiger partial charge on any atom is 0.174 e. The number of hydrogen-bond acceptors (Lipinski definition) is 3. The van der Waals surface area contributed by atoms with Crippen molar-refractivity contribution < 1.29 is 0 Å². The Kier molecular flexibility index (Phi) is 6.26. The molecule has 0 bridgehead atoms. The largest absolute Gasteiger partial charge is 0.378 e. The number of nitrogens with one attached hydrogen (secondary N) is 1. The SMILES string of the molecule is Cc1cc([C@H]2[C@@H](c3ccccn3)NC(=S)N2c2ccc(Cl)cc2)c(C)n1-c1ccc(N(C)C)cc1. The first-order valence-electron chi connectivity index (χ1n) is 11.6. The minimum absolute atomic E-state index is 0.0698. The fraction of sp³-hybridized carbons (Fsp3) is 0.214. The number of anilines is 2. The molecule has 5 rings (SSSR count). The molecule has 7 heteroatoms. The van der Waals surface area contributed by atoms with Gasteiger partial charge in [-0.15, -0.1) is 0 Å². The summed E-state index contributed by atoms with van der Waals surface area (Å²) in [7, 11) is 4.11. The summed E-state index contributed by atoms with van der Waals surface area (Å²) < 4.78 is 2.31. The number of pyridine rings is 1. The number of aryl methyl sites for hydroxylation is 1. The Morgan fingerprint density at radius 3 is 2.26 bits per heavy atom. The Morgan fingerprint density at radius 1 is 0.943 bits per heavy atom. The van der Waals surface area contributed by atoms with Crippen LogP contribution in [0.3, 0.4) is 0 Å². The van der Waals surface area contributed by atoms with E-state index >= 15 is 0 Å². The van der Waals surface area contributed by atoms with Crippen molar-refractivity contribution in [2.45, 2.75) is 25.9 Å². The van der Waals surface area contributed by atoms with Crippen molar-refractivity contribution in [3.63, 3.8) is 0 Å². The smallest absolute Gasteiger partial charge is 0.174 e. The van der Waals surface area contributed by atoms with E-state index in [1.165, 1.54) is 22.6 Å². The van der Waals surface area contributed by atoms with Crippen LogP contribution in [0.4, 0.5) is 11.4 Å². The zero-order valence-electron chi connectivity index (χ0n) is 20.2. The molecule has 0 spiro atoms. The highest BCUT2D eigenvalue weighted by atomic mass is 35.5. The molecule has 0 amide bonds. The molecule has 0 aliphatic carbocycles. The molecule has 178 valence electrons. The van der Waals surface area contributed by atoms with Crippen LogP contribution in [0.15, 0.2) is 79.0 Å². The van der Waals surface area contributed by atoms with Crippen LogP contribution in [0, 0.1) is 13.8 Å². The van der Waals surface area contributed by atoms with Gasteiger partial charge in [0.15, 0.2) is 5.11 Å². The summed E-state index contributed by atoms with van der Waals surface area (Å²) in [5.74, 6) is 0. The molecule has 1 saturated heterocycles.